The van der Waals surface area contributed by atoms with Gasteiger partial charge in [-0.2, -0.15) is 0 Å². The van der Waals surface area contributed by atoms with E-state index in [1.807, 2.05) is 31.2 Å². The molecule has 0 aromatic heterocycles. The van der Waals surface area contributed by atoms with Gasteiger partial charge in [0.1, 0.15) is 0 Å². The molecule has 1 aliphatic heterocycles. The van der Waals surface area contributed by atoms with Crippen molar-refractivity contribution in [1.82, 2.24) is 4.90 Å². The van der Waals surface area contributed by atoms with Crippen molar-refractivity contribution in [3.05, 3.63) is 35.4 Å². The number of fused-ring (bicyclic) bond motifs is 1. The molecule has 1 N–H and O–H groups in total. The van der Waals surface area contributed by atoms with Crippen LogP contribution in [0.15, 0.2) is 24.3 Å². The van der Waals surface area contributed by atoms with Crippen molar-refractivity contribution in [2.75, 3.05) is 6.61 Å². The number of carbonyl (C=O) groups is 1. The first-order chi connectivity index (χ1) is 7.27. The van der Waals surface area contributed by atoms with Gasteiger partial charge in [0.05, 0.1) is 12.6 Å². The van der Waals surface area contributed by atoms with Gasteiger partial charge < -0.3 is 10.0 Å². The van der Waals surface area contributed by atoms with Crippen LogP contribution in [0.25, 0.3) is 0 Å². The van der Waals surface area contributed by atoms with Gasteiger partial charge in [-0.1, -0.05) is 25.1 Å². The average molecular weight is 205 g/mol. The van der Waals surface area contributed by atoms with Gasteiger partial charge in [-0.15, -0.1) is 0 Å². The van der Waals surface area contributed by atoms with Crippen LogP contribution in [0.4, 0.5) is 0 Å². The Kier molecular flexibility index (Phi) is 2.73. The van der Waals surface area contributed by atoms with Gasteiger partial charge >= 0.3 is 0 Å². The van der Waals surface area contributed by atoms with Gasteiger partial charge in [0.25, 0.3) is 5.91 Å². The summed E-state index contributed by atoms with van der Waals surface area (Å²) in [5.74, 6) is 0.0477. The molecular formula is C12H15NO2. The van der Waals surface area contributed by atoms with E-state index in [1.54, 1.807) is 4.90 Å². The number of carbonyl (C=O) groups excluding carboxylic acids is 1. The lowest BCUT2D eigenvalue weighted by molar-refractivity contribution is 0.0611. The molecule has 80 valence electrons. The summed E-state index contributed by atoms with van der Waals surface area (Å²) < 4.78 is 0. The number of hydrogen-bond donors (Lipinski definition) is 1. The van der Waals surface area contributed by atoms with Crippen molar-refractivity contribution in [1.29, 1.82) is 0 Å². The summed E-state index contributed by atoms with van der Waals surface area (Å²) in [6, 6.07) is 7.58. The van der Waals surface area contributed by atoms with Crippen LogP contribution in [0.2, 0.25) is 0 Å². The number of nitrogens with zero attached hydrogens (tertiary/aromatic N) is 1. The Morgan fingerprint density at radius 2 is 2.20 bits per heavy atom. The fourth-order valence-electron chi connectivity index (χ4n) is 2.02. The highest BCUT2D eigenvalue weighted by molar-refractivity contribution is 5.98. The highest BCUT2D eigenvalue weighted by Crippen LogP contribution is 2.24. The summed E-state index contributed by atoms with van der Waals surface area (Å²) in [7, 11) is 0. The zero-order chi connectivity index (χ0) is 10.8. The summed E-state index contributed by atoms with van der Waals surface area (Å²) in [5, 5.41) is 9.19. The molecule has 0 spiro atoms. The van der Waals surface area contributed by atoms with E-state index in [1.165, 1.54) is 0 Å². The maximum absolute atomic E-state index is 12.0. The van der Waals surface area contributed by atoms with Gasteiger partial charge in [0.2, 0.25) is 0 Å². The second-order valence-electron chi connectivity index (χ2n) is 3.83. The number of benzene rings is 1. The maximum atomic E-state index is 12.0. The SMILES string of the molecule is CC[C@@H](CO)N1Cc2ccccc2C1=O. The molecule has 0 fully saturated rings. The second-order valence-corrected chi connectivity index (χ2v) is 3.83. The molecular weight excluding hydrogens is 190 g/mol. The number of rotatable bonds is 3. The topological polar surface area (TPSA) is 40.5 Å². The van der Waals surface area contributed by atoms with Crippen LogP contribution in [-0.2, 0) is 6.54 Å². The molecule has 3 nitrogen and oxygen atoms in total. The Balaban J connectivity index is 2.27. The highest BCUT2D eigenvalue weighted by atomic mass is 16.3. The molecule has 1 aromatic rings. The van der Waals surface area contributed by atoms with Crippen LogP contribution in [-0.4, -0.2) is 28.6 Å². The Morgan fingerprint density at radius 1 is 1.47 bits per heavy atom. The quantitative estimate of drug-likeness (QED) is 0.810. The van der Waals surface area contributed by atoms with Gasteiger partial charge in [-0.25, -0.2) is 0 Å². The molecule has 0 unspecified atom stereocenters. The fourth-order valence-corrected chi connectivity index (χ4v) is 2.02. The molecule has 3 heteroatoms. The zero-order valence-corrected chi connectivity index (χ0v) is 8.81. The molecule has 15 heavy (non-hydrogen) atoms. The molecule has 1 heterocycles. The third kappa shape index (κ3) is 1.63. The van der Waals surface area contributed by atoms with E-state index in [-0.39, 0.29) is 18.6 Å². The smallest absolute Gasteiger partial charge is 0.254 e. The molecule has 1 atom stereocenters. The van der Waals surface area contributed by atoms with Crippen molar-refractivity contribution in [2.24, 2.45) is 0 Å². The standard InChI is InChI=1S/C12H15NO2/c1-2-10(8-14)13-7-9-5-3-4-6-11(9)12(13)15/h3-6,10,14H,2,7-8H2,1H3/t10-/m0/s1. The minimum absolute atomic E-state index is 0.0379. The lowest BCUT2D eigenvalue weighted by Crippen LogP contribution is -2.37. The number of aliphatic hydroxyl groups excluding tert-OH is 1. The van der Waals surface area contributed by atoms with Crippen LogP contribution in [0, 0.1) is 0 Å². The van der Waals surface area contributed by atoms with Crippen molar-refractivity contribution < 1.29 is 9.90 Å². The van der Waals surface area contributed by atoms with Crippen LogP contribution >= 0.6 is 0 Å². The zero-order valence-electron chi connectivity index (χ0n) is 8.81. The van der Waals surface area contributed by atoms with Crippen molar-refractivity contribution in [3.8, 4) is 0 Å². The Hall–Kier alpha value is -1.35. The van der Waals surface area contributed by atoms with Crippen LogP contribution < -0.4 is 0 Å². The third-order valence-corrected chi connectivity index (χ3v) is 2.97. The van der Waals surface area contributed by atoms with Gasteiger partial charge in [-0.3, -0.25) is 4.79 Å². The minimum Gasteiger partial charge on any atom is -0.394 e. The minimum atomic E-state index is -0.0510. The van der Waals surface area contributed by atoms with E-state index in [0.29, 0.717) is 6.54 Å². The monoisotopic (exact) mass is 205 g/mol. The van der Waals surface area contributed by atoms with Crippen LogP contribution in [0.5, 0.6) is 0 Å². The fraction of sp³-hybridized carbons (Fsp3) is 0.417. The Bertz CT molecular complexity index is 372. The van der Waals surface area contributed by atoms with E-state index < -0.39 is 0 Å². The molecule has 0 aliphatic carbocycles. The summed E-state index contributed by atoms with van der Waals surface area (Å²) in [6.45, 7) is 2.65. The molecule has 2 rings (SSSR count). The van der Waals surface area contributed by atoms with E-state index in [0.717, 1.165) is 17.5 Å². The maximum Gasteiger partial charge on any atom is 0.254 e. The number of hydrogen-bond acceptors (Lipinski definition) is 2. The van der Waals surface area contributed by atoms with E-state index in [4.69, 9.17) is 0 Å². The Morgan fingerprint density at radius 3 is 2.80 bits per heavy atom. The van der Waals surface area contributed by atoms with E-state index in [9.17, 15) is 9.90 Å². The number of amides is 1. The molecule has 1 aromatic carbocycles. The lowest BCUT2D eigenvalue weighted by Gasteiger charge is -2.24. The van der Waals surface area contributed by atoms with E-state index in [2.05, 4.69) is 0 Å². The van der Waals surface area contributed by atoms with Crippen molar-refractivity contribution in [3.63, 3.8) is 0 Å². The lowest BCUT2D eigenvalue weighted by atomic mass is 10.1. The van der Waals surface area contributed by atoms with Crippen LogP contribution in [0.3, 0.4) is 0 Å². The summed E-state index contributed by atoms with van der Waals surface area (Å²) in [6.07, 6.45) is 0.788. The van der Waals surface area contributed by atoms with Crippen molar-refractivity contribution >= 4 is 5.91 Å². The van der Waals surface area contributed by atoms with Gasteiger partial charge in [-0.05, 0) is 18.1 Å². The summed E-state index contributed by atoms with van der Waals surface area (Å²) in [4.78, 5) is 13.7. The Labute approximate surface area is 89.3 Å². The molecule has 1 amide bonds. The first-order valence-electron chi connectivity index (χ1n) is 5.27. The van der Waals surface area contributed by atoms with Crippen LogP contribution in [0.1, 0.15) is 29.3 Å². The molecule has 0 saturated carbocycles. The van der Waals surface area contributed by atoms with Gasteiger partial charge in [0.15, 0.2) is 0 Å². The predicted molar refractivity (Wildman–Crippen MR) is 57.5 cm³/mol. The number of aliphatic hydroxyl groups is 1. The highest BCUT2D eigenvalue weighted by Gasteiger charge is 2.30. The molecule has 1 aliphatic rings. The molecule has 0 bridgehead atoms. The summed E-state index contributed by atoms with van der Waals surface area (Å²) >= 11 is 0. The average Bonchev–Trinajstić information content (AvgIpc) is 2.60. The van der Waals surface area contributed by atoms with E-state index >= 15 is 0 Å². The first-order valence-corrected chi connectivity index (χ1v) is 5.27. The normalized spacial score (nSPS) is 16.7. The second kappa shape index (κ2) is 4.03. The summed E-state index contributed by atoms with van der Waals surface area (Å²) in [5.41, 5.74) is 1.85. The largest absolute Gasteiger partial charge is 0.394 e. The van der Waals surface area contributed by atoms with Gasteiger partial charge in [0, 0.05) is 12.1 Å². The molecule has 0 saturated heterocycles. The van der Waals surface area contributed by atoms with Crippen molar-refractivity contribution in [2.45, 2.75) is 25.9 Å². The molecule has 0 radical (unpaired) electrons. The first kappa shape index (κ1) is 10.2. The predicted octanol–water partition coefficient (Wildman–Crippen LogP) is 1.41. The third-order valence-electron chi connectivity index (χ3n) is 2.97.